The second-order valence-corrected chi connectivity index (χ2v) is 6.42. The number of aliphatic imine (C=N–C) groups is 1. The Bertz CT molecular complexity index is 604. The SMILES string of the molecule is CC1=CC(=Nc2ccc(N(C)C)c(C)c2)C=CC1C(C)C. The minimum atomic E-state index is 0.543. The third kappa shape index (κ3) is 3.63. The van der Waals surface area contributed by atoms with Gasteiger partial charge in [-0.1, -0.05) is 25.5 Å². The third-order valence-corrected chi connectivity index (χ3v) is 4.01. The predicted octanol–water partition coefficient (Wildman–Crippen LogP) is 4.92. The van der Waals surface area contributed by atoms with E-state index in [2.05, 4.69) is 83.1 Å². The lowest BCUT2D eigenvalue weighted by atomic mass is 9.85. The summed E-state index contributed by atoms with van der Waals surface area (Å²) in [6.07, 6.45) is 6.63. The van der Waals surface area contributed by atoms with Crippen molar-refractivity contribution in [2.45, 2.75) is 27.7 Å². The average Bonchev–Trinajstić information content (AvgIpc) is 2.37. The lowest BCUT2D eigenvalue weighted by Crippen LogP contribution is -2.12. The molecule has 0 fully saturated rings. The molecule has 112 valence electrons. The van der Waals surface area contributed by atoms with Crippen LogP contribution in [0.25, 0.3) is 0 Å². The van der Waals surface area contributed by atoms with Crippen molar-refractivity contribution < 1.29 is 0 Å². The van der Waals surface area contributed by atoms with Gasteiger partial charge in [0.25, 0.3) is 0 Å². The first-order valence-corrected chi connectivity index (χ1v) is 7.61. The van der Waals surface area contributed by atoms with Gasteiger partial charge in [-0.25, -0.2) is 4.99 Å². The summed E-state index contributed by atoms with van der Waals surface area (Å²) < 4.78 is 0. The largest absolute Gasteiger partial charge is 0.377 e. The van der Waals surface area contributed by atoms with Crippen molar-refractivity contribution in [3.63, 3.8) is 0 Å². The number of hydrogen-bond acceptors (Lipinski definition) is 2. The zero-order chi connectivity index (χ0) is 15.6. The number of benzene rings is 1. The summed E-state index contributed by atoms with van der Waals surface area (Å²) >= 11 is 0. The van der Waals surface area contributed by atoms with Crippen molar-refractivity contribution in [1.29, 1.82) is 0 Å². The van der Waals surface area contributed by atoms with Crippen molar-refractivity contribution in [1.82, 2.24) is 0 Å². The molecule has 1 aliphatic rings. The second kappa shape index (κ2) is 6.30. The van der Waals surface area contributed by atoms with Gasteiger partial charge in [0.15, 0.2) is 0 Å². The summed E-state index contributed by atoms with van der Waals surface area (Å²) in [4.78, 5) is 6.89. The molecule has 2 heteroatoms. The van der Waals surface area contributed by atoms with E-state index < -0.39 is 0 Å². The van der Waals surface area contributed by atoms with Gasteiger partial charge in [-0.2, -0.15) is 0 Å². The number of hydrogen-bond donors (Lipinski definition) is 0. The summed E-state index contributed by atoms with van der Waals surface area (Å²) in [5.41, 5.74) is 5.95. The van der Waals surface area contributed by atoms with Gasteiger partial charge in [0.05, 0.1) is 11.4 Å². The van der Waals surface area contributed by atoms with Gasteiger partial charge in [0.2, 0.25) is 0 Å². The van der Waals surface area contributed by atoms with Gasteiger partial charge in [-0.3, -0.25) is 0 Å². The predicted molar refractivity (Wildman–Crippen MR) is 93.8 cm³/mol. The summed E-state index contributed by atoms with van der Waals surface area (Å²) in [5, 5.41) is 0. The smallest absolute Gasteiger partial charge is 0.0641 e. The summed E-state index contributed by atoms with van der Waals surface area (Å²) in [6.45, 7) is 8.85. The van der Waals surface area contributed by atoms with E-state index in [1.807, 2.05) is 0 Å². The van der Waals surface area contributed by atoms with Crippen molar-refractivity contribution >= 4 is 17.1 Å². The standard InChI is InChI=1S/C19H26N2/c1-13(2)18-9-7-16(11-14(18)3)20-17-8-10-19(21(5)6)15(4)12-17/h7-13,18H,1-6H3. The van der Waals surface area contributed by atoms with Crippen LogP contribution >= 0.6 is 0 Å². The fourth-order valence-corrected chi connectivity index (χ4v) is 2.91. The molecule has 0 saturated carbocycles. The molecule has 1 aromatic carbocycles. The molecule has 0 aliphatic heterocycles. The maximum atomic E-state index is 4.76. The van der Waals surface area contributed by atoms with Crippen LogP contribution in [0.15, 0.2) is 47.0 Å². The Kier molecular flexibility index (Phi) is 4.66. The number of aryl methyl sites for hydroxylation is 1. The Labute approximate surface area is 128 Å². The minimum absolute atomic E-state index is 0.543. The van der Waals surface area contributed by atoms with Crippen LogP contribution in [0.1, 0.15) is 26.3 Å². The highest BCUT2D eigenvalue weighted by Crippen LogP contribution is 2.27. The number of allylic oxidation sites excluding steroid dienone is 4. The number of anilines is 1. The molecule has 0 aromatic heterocycles. The van der Waals surface area contributed by atoms with E-state index >= 15 is 0 Å². The lowest BCUT2D eigenvalue weighted by molar-refractivity contribution is 0.525. The molecule has 1 aliphatic carbocycles. The van der Waals surface area contributed by atoms with E-state index in [-0.39, 0.29) is 0 Å². The quantitative estimate of drug-likeness (QED) is 0.768. The third-order valence-electron chi connectivity index (χ3n) is 4.01. The molecule has 0 saturated heterocycles. The zero-order valence-electron chi connectivity index (χ0n) is 14.0. The molecule has 2 nitrogen and oxygen atoms in total. The van der Waals surface area contributed by atoms with E-state index in [0.29, 0.717) is 11.8 Å². The van der Waals surface area contributed by atoms with Crippen LogP contribution in [0.5, 0.6) is 0 Å². The average molecular weight is 282 g/mol. The Hall–Kier alpha value is -1.83. The van der Waals surface area contributed by atoms with E-state index in [1.54, 1.807) is 0 Å². The van der Waals surface area contributed by atoms with Gasteiger partial charge >= 0.3 is 0 Å². The molecule has 0 heterocycles. The Balaban J connectivity index is 2.26. The monoisotopic (exact) mass is 282 g/mol. The van der Waals surface area contributed by atoms with E-state index in [4.69, 9.17) is 4.99 Å². The Morgan fingerprint density at radius 3 is 2.38 bits per heavy atom. The first-order valence-electron chi connectivity index (χ1n) is 7.61. The van der Waals surface area contributed by atoms with E-state index in [0.717, 1.165) is 11.4 Å². The van der Waals surface area contributed by atoms with Crippen molar-refractivity contribution in [3.05, 3.63) is 47.6 Å². The van der Waals surface area contributed by atoms with Crippen molar-refractivity contribution in [3.8, 4) is 0 Å². The molecule has 0 N–H and O–H groups in total. The molecule has 0 radical (unpaired) electrons. The maximum absolute atomic E-state index is 4.76. The van der Waals surface area contributed by atoms with Gasteiger partial charge in [-0.05, 0) is 55.7 Å². The first-order chi connectivity index (χ1) is 9.88. The number of nitrogens with zero attached hydrogens (tertiary/aromatic N) is 2. The van der Waals surface area contributed by atoms with E-state index in [9.17, 15) is 0 Å². The topological polar surface area (TPSA) is 15.6 Å². The van der Waals surface area contributed by atoms with Gasteiger partial charge in [0, 0.05) is 25.7 Å². The van der Waals surface area contributed by atoms with Crippen LogP contribution in [0.2, 0.25) is 0 Å². The molecule has 1 unspecified atom stereocenters. The van der Waals surface area contributed by atoms with Crippen LogP contribution in [0.3, 0.4) is 0 Å². The van der Waals surface area contributed by atoms with Crippen LogP contribution in [-0.4, -0.2) is 19.8 Å². The normalized spacial score (nSPS) is 20.0. The molecular weight excluding hydrogens is 256 g/mol. The van der Waals surface area contributed by atoms with Gasteiger partial charge in [0.1, 0.15) is 0 Å². The fraction of sp³-hybridized carbons (Fsp3) is 0.421. The van der Waals surface area contributed by atoms with E-state index in [1.165, 1.54) is 16.8 Å². The van der Waals surface area contributed by atoms with Crippen molar-refractivity contribution in [2.24, 2.45) is 16.8 Å². The fourth-order valence-electron chi connectivity index (χ4n) is 2.91. The van der Waals surface area contributed by atoms with Crippen molar-refractivity contribution in [2.75, 3.05) is 19.0 Å². The van der Waals surface area contributed by atoms with Crippen LogP contribution in [0, 0.1) is 18.8 Å². The highest BCUT2D eigenvalue weighted by atomic mass is 15.1. The molecule has 21 heavy (non-hydrogen) atoms. The highest BCUT2D eigenvalue weighted by molar-refractivity contribution is 6.06. The Morgan fingerprint density at radius 1 is 1.14 bits per heavy atom. The summed E-state index contributed by atoms with van der Waals surface area (Å²) in [5.74, 6) is 1.18. The Morgan fingerprint density at radius 2 is 1.86 bits per heavy atom. The van der Waals surface area contributed by atoms with Crippen LogP contribution < -0.4 is 4.90 Å². The zero-order valence-corrected chi connectivity index (χ0v) is 14.0. The summed E-state index contributed by atoms with van der Waals surface area (Å²) in [6, 6.07) is 6.36. The molecule has 1 aromatic rings. The molecule has 1 atom stereocenters. The number of rotatable bonds is 3. The highest BCUT2D eigenvalue weighted by Gasteiger charge is 2.15. The molecule has 0 bridgehead atoms. The van der Waals surface area contributed by atoms with Crippen LogP contribution in [-0.2, 0) is 0 Å². The molecular formula is C19H26N2. The minimum Gasteiger partial charge on any atom is -0.377 e. The molecule has 0 spiro atoms. The van der Waals surface area contributed by atoms with Crippen LogP contribution in [0.4, 0.5) is 11.4 Å². The summed E-state index contributed by atoms with van der Waals surface area (Å²) in [7, 11) is 4.13. The first kappa shape index (κ1) is 15.6. The lowest BCUT2D eigenvalue weighted by Gasteiger charge is -2.21. The maximum Gasteiger partial charge on any atom is 0.0641 e. The van der Waals surface area contributed by atoms with Gasteiger partial charge in [-0.15, -0.1) is 0 Å². The molecule has 0 amide bonds. The van der Waals surface area contributed by atoms with Gasteiger partial charge < -0.3 is 4.90 Å². The second-order valence-electron chi connectivity index (χ2n) is 6.42. The molecule has 2 rings (SSSR count).